The van der Waals surface area contributed by atoms with E-state index in [9.17, 15) is 4.39 Å². The molecule has 0 saturated heterocycles. The number of aliphatic imine (C=N–C) groups is 1. The predicted octanol–water partition coefficient (Wildman–Crippen LogP) is 3.66. The van der Waals surface area contributed by atoms with E-state index in [1.165, 1.54) is 6.07 Å². The van der Waals surface area contributed by atoms with Crippen molar-refractivity contribution >= 4 is 35.6 Å². The molecule has 0 aliphatic rings. The van der Waals surface area contributed by atoms with Crippen LogP contribution in [0.15, 0.2) is 59.9 Å². The Morgan fingerprint density at radius 2 is 2.00 bits per heavy atom. The van der Waals surface area contributed by atoms with Gasteiger partial charge in [-0.05, 0) is 38.1 Å². The molecule has 2 aromatic heterocycles. The van der Waals surface area contributed by atoms with Gasteiger partial charge < -0.3 is 19.8 Å². The summed E-state index contributed by atoms with van der Waals surface area (Å²) >= 11 is 0. The second-order valence-corrected chi connectivity index (χ2v) is 6.45. The van der Waals surface area contributed by atoms with Crippen LogP contribution in [0.1, 0.15) is 19.5 Å². The topological polar surface area (TPSA) is 63.0 Å². The van der Waals surface area contributed by atoms with Gasteiger partial charge >= 0.3 is 0 Å². The van der Waals surface area contributed by atoms with Crippen molar-refractivity contribution in [1.29, 1.82) is 0 Å². The predicted molar refractivity (Wildman–Crippen MR) is 125 cm³/mol. The summed E-state index contributed by atoms with van der Waals surface area (Å²) in [5.74, 6) is 0.584. The second kappa shape index (κ2) is 11.6. The molecule has 3 aromatic rings. The van der Waals surface area contributed by atoms with Gasteiger partial charge in [0.2, 0.25) is 0 Å². The molecule has 156 valence electrons. The summed E-state index contributed by atoms with van der Waals surface area (Å²) in [6.07, 6.45) is 4.56. The maximum atomic E-state index is 13.7. The van der Waals surface area contributed by atoms with Crippen LogP contribution >= 0.6 is 24.0 Å². The van der Waals surface area contributed by atoms with Gasteiger partial charge in [-0.15, -0.1) is 24.0 Å². The molecule has 6 nitrogen and oxygen atoms in total. The van der Waals surface area contributed by atoms with E-state index in [1.54, 1.807) is 18.2 Å². The molecule has 8 heteroatoms. The van der Waals surface area contributed by atoms with Crippen LogP contribution in [0.4, 0.5) is 4.39 Å². The number of nitrogens with one attached hydrogen (secondary N) is 2. The van der Waals surface area contributed by atoms with Crippen molar-refractivity contribution < 1.29 is 9.13 Å². The Hall–Kier alpha value is -2.36. The fourth-order valence-corrected chi connectivity index (χ4v) is 2.77. The maximum absolute atomic E-state index is 13.7. The molecule has 3 rings (SSSR count). The van der Waals surface area contributed by atoms with Gasteiger partial charge in [0.15, 0.2) is 17.5 Å². The Balaban J connectivity index is 0.00000300. The fourth-order valence-electron chi connectivity index (χ4n) is 2.77. The van der Waals surface area contributed by atoms with Gasteiger partial charge in [-0.25, -0.2) is 14.4 Å². The number of hydrogen-bond acceptors (Lipinski definition) is 3. The van der Waals surface area contributed by atoms with Gasteiger partial charge in [0.05, 0.1) is 12.2 Å². The zero-order valence-electron chi connectivity index (χ0n) is 16.6. The Bertz CT molecular complexity index is 897. The molecular weight excluding hydrogens is 484 g/mol. The standard InChI is InChI=1S/C21H26FN5O.HI/c1-3-23-21(25-14-16(2)28-19-9-5-4-8-18(19)22)24-12-11-17-15-27-13-7-6-10-20(27)26-17;/h4-10,13,15-16H,3,11-12,14H2,1-2H3,(H2,23,24,25);1H. The number of guanidine groups is 1. The number of aromatic nitrogens is 2. The smallest absolute Gasteiger partial charge is 0.191 e. The first kappa shape index (κ1) is 22.9. The zero-order chi connectivity index (χ0) is 19.8. The molecule has 0 spiro atoms. The Labute approximate surface area is 187 Å². The van der Waals surface area contributed by atoms with Crippen molar-refractivity contribution in [2.45, 2.75) is 26.4 Å². The quantitative estimate of drug-likeness (QED) is 0.276. The fraction of sp³-hybridized carbons (Fsp3) is 0.333. The van der Waals surface area contributed by atoms with Gasteiger partial charge in [-0.2, -0.15) is 0 Å². The summed E-state index contributed by atoms with van der Waals surface area (Å²) in [4.78, 5) is 9.13. The summed E-state index contributed by atoms with van der Waals surface area (Å²) in [7, 11) is 0. The monoisotopic (exact) mass is 511 g/mol. The molecule has 0 fully saturated rings. The number of ether oxygens (including phenoxy) is 1. The average Bonchev–Trinajstić information content (AvgIpc) is 3.11. The van der Waals surface area contributed by atoms with Crippen LogP contribution in [0.5, 0.6) is 5.75 Å². The third kappa shape index (κ3) is 6.88. The second-order valence-electron chi connectivity index (χ2n) is 6.45. The molecule has 0 radical (unpaired) electrons. The number of para-hydroxylation sites is 1. The van der Waals surface area contributed by atoms with E-state index >= 15 is 0 Å². The number of pyridine rings is 1. The maximum Gasteiger partial charge on any atom is 0.191 e. The summed E-state index contributed by atoms with van der Waals surface area (Å²) in [5.41, 5.74) is 1.96. The van der Waals surface area contributed by atoms with E-state index in [0.717, 1.165) is 24.3 Å². The molecule has 0 saturated carbocycles. The zero-order valence-corrected chi connectivity index (χ0v) is 19.0. The molecule has 29 heavy (non-hydrogen) atoms. The minimum Gasteiger partial charge on any atom is -0.486 e. The first-order valence-corrected chi connectivity index (χ1v) is 9.51. The van der Waals surface area contributed by atoms with Crippen LogP contribution < -0.4 is 15.4 Å². The lowest BCUT2D eigenvalue weighted by Gasteiger charge is -2.15. The molecule has 0 aliphatic heterocycles. The number of benzene rings is 1. The average molecular weight is 511 g/mol. The van der Waals surface area contributed by atoms with Gasteiger partial charge in [-0.3, -0.25) is 0 Å². The van der Waals surface area contributed by atoms with Crippen molar-refractivity contribution in [2.24, 2.45) is 4.99 Å². The Kier molecular flexibility index (Phi) is 9.17. The highest BCUT2D eigenvalue weighted by molar-refractivity contribution is 14.0. The minimum atomic E-state index is -0.365. The lowest BCUT2D eigenvalue weighted by molar-refractivity contribution is 0.220. The van der Waals surface area contributed by atoms with Gasteiger partial charge in [0, 0.05) is 31.9 Å². The van der Waals surface area contributed by atoms with Crippen LogP contribution in [-0.2, 0) is 6.42 Å². The van der Waals surface area contributed by atoms with Crippen molar-refractivity contribution in [2.75, 3.05) is 19.6 Å². The third-order valence-electron chi connectivity index (χ3n) is 4.10. The normalized spacial score (nSPS) is 12.3. The molecule has 2 heterocycles. The van der Waals surface area contributed by atoms with Crippen LogP contribution in [0.3, 0.4) is 0 Å². The van der Waals surface area contributed by atoms with E-state index in [-0.39, 0.29) is 41.6 Å². The highest BCUT2D eigenvalue weighted by Gasteiger charge is 2.08. The lowest BCUT2D eigenvalue weighted by atomic mass is 10.3. The molecule has 0 aliphatic carbocycles. The molecular formula is C21H27FIN5O. The van der Waals surface area contributed by atoms with Crippen molar-refractivity contribution in [3.8, 4) is 5.75 Å². The first-order valence-electron chi connectivity index (χ1n) is 9.51. The van der Waals surface area contributed by atoms with Gasteiger partial charge in [0.1, 0.15) is 11.8 Å². The van der Waals surface area contributed by atoms with Gasteiger partial charge in [-0.1, -0.05) is 18.2 Å². The van der Waals surface area contributed by atoms with E-state index in [2.05, 4.69) is 20.6 Å². The van der Waals surface area contributed by atoms with Crippen molar-refractivity contribution in [1.82, 2.24) is 20.0 Å². The van der Waals surface area contributed by atoms with Gasteiger partial charge in [0.25, 0.3) is 0 Å². The summed E-state index contributed by atoms with van der Waals surface area (Å²) in [6, 6.07) is 12.3. The van der Waals surface area contributed by atoms with Crippen LogP contribution in [0.2, 0.25) is 0 Å². The van der Waals surface area contributed by atoms with E-state index < -0.39 is 0 Å². The molecule has 0 bridgehead atoms. The molecule has 0 amide bonds. The number of nitrogens with zero attached hydrogens (tertiary/aromatic N) is 3. The number of hydrogen-bond donors (Lipinski definition) is 2. The van der Waals surface area contributed by atoms with Crippen LogP contribution in [-0.4, -0.2) is 41.1 Å². The first-order chi connectivity index (χ1) is 13.7. The highest BCUT2D eigenvalue weighted by atomic mass is 127. The van der Waals surface area contributed by atoms with Crippen molar-refractivity contribution in [3.05, 3.63) is 66.4 Å². The highest BCUT2D eigenvalue weighted by Crippen LogP contribution is 2.17. The molecule has 2 N–H and O–H groups in total. The van der Waals surface area contributed by atoms with Crippen LogP contribution in [0.25, 0.3) is 5.65 Å². The Morgan fingerprint density at radius 3 is 2.76 bits per heavy atom. The molecule has 1 aromatic carbocycles. The van der Waals surface area contributed by atoms with Crippen molar-refractivity contribution in [3.63, 3.8) is 0 Å². The minimum absolute atomic E-state index is 0. The SMILES string of the molecule is CCNC(=NCC(C)Oc1ccccc1F)NCCc1cn2ccccc2n1.I. The van der Waals surface area contributed by atoms with E-state index in [1.807, 2.05) is 48.8 Å². The van der Waals surface area contributed by atoms with E-state index in [4.69, 9.17) is 4.74 Å². The number of imidazole rings is 1. The number of halogens is 2. The third-order valence-corrected chi connectivity index (χ3v) is 4.10. The molecule has 1 atom stereocenters. The van der Waals surface area contributed by atoms with E-state index in [0.29, 0.717) is 19.0 Å². The number of rotatable bonds is 8. The largest absolute Gasteiger partial charge is 0.486 e. The summed E-state index contributed by atoms with van der Waals surface area (Å²) in [5, 5.41) is 6.51. The van der Waals surface area contributed by atoms with Crippen LogP contribution in [0, 0.1) is 5.82 Å². The summed E-state index contributed by atoms with van der Waals surface area (Å²) < 4.78 is 21.3. The Morgan fingerprint density at radius 1 is 1.21 bits per heavy atom. The molecule has 1 unspecified atom stereocenters. The number of fused-ring (bicyclic) bond motifs is 1. The lowest BCUT2D eigenvalue weighted by Crippen LogP contribution is -2.39. The summed E-state index contributed by atoms with van der Waals surface area (Å²) in [6.45, 7) is 5.76.